The van der Waals surface area contributed by atoms with Crippen molar-refractivity contribution in [3.8, 4) is 0 Å². The molecule has 1 aromatic carbocycles. The molecule has 17 heavy (non-hydrogen) atoms. The van der Waals surface area contributed by atoms with Crippen LogP contribution in [0.15, 0.2) is 35.4 Å². The number of rotatable bonds is 2. The number of pyridine rings is 1. The Hall–Kier alpha value is -1.46. The Kier molecular flexibility index (Phi) is 2.89. The number of benzene rings is 1. The van der Waals surface area contributed by atoms with Gasteiger partial charge in [-0.05, 0) is 31.5 Å². The second-order valence-electron chi connectivity index (χ2n) is 3.95. The van der Waals surface area contributed by atoms with E-state index in [0.717, 1.165) is 16.5 Å². The van der Waals surface area contributed by atoms with Gasteiger partial charge in [-0.25, -0.2) is 0 Å². The first-order valence-corrected chi connectivity index (χ1v) is 6.78. The lowest BCUT2D eigenvalue weighted by molar-refractivity contribution is -0.706. The molecule has 90 valence electrons. The minimum atomic E-state index is -4.19. The SMILES string of the molecule is CC[n+]1c(S(=O)(=O)O)ccc2ccc(C)cc21. The van der Waals surface area contributed by atoms with Gasteiger partial charge in [0.25, 0.3) is 0 Å². The maximum absolute atomic E-state index is 11.3. The fraction of sp³-hybridized carbons (Fsp3) is 0.250. The first-order chi connectivity index (χ1) is 7.93. The molecule has 1 N–H and O–H groups in total. The zero-order valence-corrected chi connectivity index (χ0v) is 10.5. The van der Waals surface area contributed by atoms with E-state index in [0.29, 0.717) is 6.54 Å². The van der Waals surface area contributed by atoms with E-state index in [4.69, 9.17) is 0 Å². The van der Waals surface area contributed by atoms with Gasteiger partial charge < -0.3 is 0 Å². The van der Waals surface area contributed by atoms with Crippen molar-refractivity contribution < 1.29 is 17.5 Å². The standard InChI is InChI=1S/C12H13NO3S/c1-3-13-11-8-9(2)4-5-10(11)6-7-12(13)17(14,15)16/h4-8H,3H2,1-2H3/p+1. The quantitative estimate of drug-likeness (QED) is 0.653. The third kappa shape index (κ3) is 2.16. The fourth-order valence-corrected chi connectivity index (χ4v) is 2.70. The van der Waals surface area contributed by atoms with Gasteiger partial charge in [0, 0.05) is 17.5 Å². The number of hydrogen-bond acceptors (Lipinski definition) is 2. The summed E-state index contributed by atoms with van der Waals surface area (Å²) in [4.78, 5) is 0. The number of aromatic nitrogens is 1. The van der Waals surface area contributed by atoms with Crippen molar-refractivity contribution in [2.24, 2.45) is 0 Å². The van der Waals surface area contributed by atoms with Crippen molar-refractivity contribution in [1.82, 2.24) is 0 Å². The second kappa shape index (κ2) is 4.09. The van der Waals surface area contributed by atoms with Gasteiger partial charge in [-0.2, -0.15) is 13.0 Å². The Bertz CT molecular complexity index is 677. The lowest BCUT2D eigenvalue weighted by Crippen LogP contribution is -2.39. The Balaban J connectivity index is 2.90. The smallest absolute Gasteiger partial charge is 0.277 e. The maximum atomic E-state index is 11.3. The largest absolute Gasteiger partial charge is 0.355 e. The van der Waals surface area contributed by atoms with E-state index in [1.54, 1.807) is 10.6 Å². The van der Waals surface area contributed by atoms with Crippen LogP contribution in [0.4, 0.5) is 0 Å². The highest BCUT2D eigenvalue weighted by Crippen LogP contribution is 2.15. The molecule has 0 fully saturated rings. The normalized spacial score (nSPS) is 11.9. The predicted octanol–water partition coefficient (Wildman–Crippen LogP) is 1.70. The molecule has 0 aliphatic heterocycles. The van der Waals surface area contributed by atoms with E-state index in [1.807, 2.05) is 32.0 Å². The number of aryl methyl sites for hydroxylation is 2. The molecule has 0 unspecified atom stereocenters. The molecule has 0 bridgehead atoms. The monoisotopic (exact) mass is 252 g/mol. The molecular weight excluding hydrogens is 238 g/mol. The maximum Gasteiger partial charge on any atom is 0.355 e. The Morgan fingerprint density at radius 1 is 1.24 bits per heavy atom. The van der Waals surface area contributed by atoms with Crippen molar-refractivity contribution in [1.29, 1.82) is 0 Å². The molecule has 1 aromatic heterocycles. The predicted molar refractivity (Wildman–Crippen MR) is 64.4 cm³/mol. The van der Waals surface area contributed by atoms with E-state index in [-0.39, 0.29) is 5.03 Å². The van der Waals surface area contributed by atoms with E-state index >= 15 is 0 Å². The lowest BCUT2D eigenvalue weighted by Gasteiger charge is -2.04. The van der Waals surface area contributed by atoms with Gasteiger partial charge in [-0.3, -0.25) is 4.55 Å². The summed E-state index contributed by atoms with van der Waals surface area (Å²) in [5.41, 5.74) is 1.86. The van der Waals surface area contributed by atoms with Gasteiger partial charge in [0.2, 0.25) is 5.52 Å². The van der Waals surface area contributed by atoms with Gasteiger partial charge >= 0.3 is 15.1 Å². The van der Waals surface area contributed by atoms with Crippen molar-refractivity contribution >= 4 is 21.0 Å². The Morgan fingerprint density at radius 3 is 2.47 bits per heavy atom. The summed E-state index contributed by atoms with van der Waals surface area (Å²) in [6.07, 6.45) is 0. The molecule has 0 aliphatic carbocycles. The Morgan fingerprint density at radius 2 is 1.88 bits per heavy atom. The highest BCUT2D eigenvalue weighted by Gasteiger charge is 2.24. The number of hydrogen-bond donors (Lipinski definition) is 1. The van der Waals surface area contributed by atoms with Crippen LogP contribution in [-0.2, 0) is 16.7 Å². The fourth-order valence-electron chi connectivity index (χ4n) is 1.95. The van der Waals surface area contributed by atoms with Crippen LogP contribution in [0.1, 0.15) is 12.5 Å². The minimum Gasteiger partial charge on any atom is -0.277 e. The molecule has 4 nitrogen and oxygen atoms in total. The van der Waals surface area contributed by atoms with Crippen LogP contribution in [0.5, 0.6) is 0 Å². The van der Waals surface area contributed by atoms with Crippen molar-refractivity contribution in [3.63, 3.8) is 0 Å². The third-order valence-electron chi connectivity index (χ3n) is 2.73. The molecule has 2 aromatic rings. The van der Waals surface area contributed by atoms with Crippen LogP contribution >= 0.6 is 0 Å². The first kappa shape index (κ1) is 12.0. The van der Waals surface area contributed by atoms with Crippen molar-refractivity contribution in [2.75, 3.05) is 0 Å². The van der Waals surface area contributed by atoms with Gasteiger partial charge in [0.1, 0.15) is 6.54 Å². The molecule has 1 heterocycles. The zero-order chi connectivity index (χ0) is 12.6. The average molecular weight is 252 g/mol. The van der Waals surface area contributed by atoms with Gasteiger partial charge in [-0.1, -0.05) is 6.07 Å². The summed E-state index contributed by atoms with van der Waals surface area (Å²) in [6, 6.07) is 8.94. The van der Waals surface area contributed by atoms with Crippen molar-refractivity contribution in [3.05, 3.63) is 35.9 Å². The zero-order valence-electron chi connectivity index (χ0n) is 9.71. The molecule has 0 aliphatic rings. The van der Waals surface area contributed by atoms with Crippen LogP contribution in [0.25, 0.3) is 10.9 Å². The average Bonchev–Trinajstić information content (AvgIpc) is 2.26. The molecular formula is C12H14NO3S+. The lowest BCUT2D eigenvalue weighted by atomic mass is 10.1. The topological polar surface area (TPSA) is 58.2 Å². The highest BCUT2D eigenvalue weighted by atomic mass is 32.2. The summed E-state index contributed by atoms with van der Waals surface area (Å²) >= 11 is 0. The van der Waals surface area contributed by atoms with Crippen LogP contribution in [0.2, 0.25) is 0 Å². The first-order valence-electron chi connectivity index (χ1n) is 5.34. The van der Waals surface area contributed by atoms with Crippen LogP contribution in [-0.4, -0.2) is 13.0 Å². The van der Waals surface area contributed by atoms with E-state index < -0.39 is 10.1 Å². The molecule has 5 heteroatoms. The van der Waals surface area contributed by atoms with Crippen LogP contribution in [0.3, 0.4) is 0 Å². The van der Waals surface area contributed by atoms with E-state index in [1.165, 1.54) is 6.07 Å². The van der Waals surface area contributed by atoms with Crippen LogP contribution < -0.4 is 4.57 Å². The number of nitrogens with zero attached hydrogens (tertiary/aromatic N) is 1. The van der Waals surface area contributed by atoms with Crippen molar-refractivity contribution in [2.45, 2.75) is 25.4 Å². The minimum absolute atomic E-state index is 0.0712. The molecule has 0 saturated heterocycles. The molecule has 0 atom stereocenters. The third-order valence-corrected chi connectivity index (χ3v) is 3.61. The van der Waals surface area contributed by atoms with Gasteiger partial charge in [0.05, 0.1) is 0 Å². The van der Waals surface area contributed by atoms with E-state index in [2.05, 4.69) is 0 Å². The summed E-state index contributed by atoms with van der Waals surface area (Å²) in [7, 11) is -4.19. The molecule has 0 saturated carbocycles. The molecule has 2 rings (SSSR count). The summed E-state index contributed by atoms with van der Waals surface area (Å²) in [5.74, 6) is 0. The van der Waals surface area contributed by atoms with E-state index in [9.17, 15) is 13.0 Å². The summed E-state index contributed by atoms with van der Waals surface area (Å²) < 4.78 is 33.3. The van der Waals surface area contributed by atoms with Gasteiger partial charge in [-0.15, -0.1) is 0 Å². The summed E-state index contributed by atoms with van der Waals surface area (Å²) in [5, 5.41) is 0.878. The molecule has 0 amide bonds. The molecule has 0 radical (unpaired) electrons. The number of fused-ring (bicyclic) bond motifs is 1. The summed E-state index contributed by atoms with van der Waals surface area (Å²) in [6.45, 7) is 4.27. The molecule has 0 spiro atoms. The second-order valence-corrected chi connectivity index (χ2v) is 5.32. The Labute approximate surface area is 100 Å². The van der Waals surface area contributed by atoms with Gasteiger partial charge in [0.15, 0.2) is 0 Å². The highest BCUT2D eigenvalue weighted by molar-refractivity contribution is 7.85. The van der Waals surface area contributed by atoms with Crippen LogP contribution in [0, 0.1) is 6.92 Å².